The SMILES string of the molecule is O=C(OCc1ccccc1Cl)C1CCN(S(=O)(=O)c2cccs2)CC1. The number of halogens is 1. The highest BCUT2D eigenvalue weighted by molar-refractivity contribution is 7.91. The van der Waals surface area contributed by atoms with E-state index in [-0.39, 0.29) is 18.5 Å². The van der Waals surface area contributed by atoms with Crippen LogP contribution in [0.25, 0.3) is 0 Å². The van der Waals surface area contributed by atoms with Crippen molar-refractivity contribution >= 4 is 38.9 Å². The summed E-state index contributed by atoms with van der Waals surface area (Å²) in [6.07, 6.45) is 0.928. The number of rotatable bonds is 5. The van der Waals surface area contributed by atoms with Gasteiger partial charge in [-0.3, -0.25) is 4.79 Å². The van der Waals surface area contributed by atoms with Gasteiger partial charge in [-0.05, 0) is 30.4 Å². The smallest absolute Gasteiger partial charge is 0.309 e. The topological polar surface area (TPSA) is 63.7 Å². The largest absolute Gasteiger partial charge is 0.461 e. The summed E-state index contributed by atoms with van der Waals surface area (Å²) in [5, 5.41) is 2.30. The molecule has 1 aromatic heterocycles. The molecule has 2 aromatic rings. The molecule has 0 unspecified atom stereocenters. The number of nitrogens with zero attached hydrogens (tertiary/aromatic N) is 1. The molecule has 0 saturated carbocycles. The summed E-state index contributed by atoms with van der Waals surface area (Å²) in [7, 11) is -3.45. The number of carbonyl (C=O) groups excluding carboxylic acids is 1. The van der Waals surface area contributed by atoms with Gasteiger partial charge in [-0.25, -0.2) is 8.42 Å². The quantitative estimate of drug-likeness (QED) is 0.721. The Morgan fingerprint density at radius 3 is 2.56 bits per heavy atom. The average molecular weight is 400 g/mol. The molecule has 0 radical (unpaired) electrons. The zero-order chi connectivity index (χ0) is 17.9. The molecule has 5 nitrogen and oxygen atoms in total. The maximum Gasteiger partial charge on any atom is 0.309 e. The Kier molecular flexibility index (Phi) is 5.78. The summed E-state index contributed by atoms with van der Waals surface area (Å²) in [6, 6.07) is 10.5. The number of ether oxygens (including phenoxy) is 1. The van der Waals surface area contributed by atoms with Crippen molar-refractivity contribution in [3.63, 3.8) is 0 Å². The molecule has 3 rings (SSSR count). The van der Waals surface area contributed by atoms with Gasteiger partial charge in [0.1, 0.15) is 10.8 Å². The third-order valence-corrected chi connectivity index (χ3v) is 7.84. The minimum atomic E-state index is -3.45. The molecule has 1 saturated heterocycles. The number of sulfonamides is 1. The second-order valence-electron chi connectivity index (χ2n) is 5.81. The van der Waals surface area contributed by atoms with Gasteiger partial charge in [0.05, 0.1) is 5.92 Å². The lowest BCUT2D eigenvalue weighted by Gasteiger charge is -2.29. The highest BCUT2D eigenvalue weighted by Crippen LogP contribution is 2.27. The van der Waals surface area contributed by atoms with Crippen LogP contribution in [0, 0.1) is 5.92 Å². The van der Waals surface area contributed by atoms with Crippen LogP contribution in [-0.4, -0.2) is 31.8 Å². The Hall–Kier alpha value is -1.41. The predicted octanol–water partition coefficient (Wildman–Crippen LogP) is 3.55. The molecule has 1 aliphatic rings. The van der Waals surface area contributed by atoms with Crippen molar-refractivity contribution in [1.82, 2.24) is 4.31 Å². The van der Waals surface area contributed by atoms with E-state index in [1.165, 1.54) is 15.6 Å². The van der Waals surface area contributed by atoms with E-state index in [9.17, 15) is 13.2 Å². The van der Waals surface area contributed by atoms with Crippen LogP contribution in [0.4, 0.5) is 0 Å². The van der Waals surface area contributed by atoms with E-state index in [4.69, 9.17) is 16.3 Å². The summed E-state index contributed by atoms with van der Waals surface area (Å²) < 4.78 is 32.1. The maximum absolute atomic E-state index is 12.5. The van der Waals surface area contributed by atoms with Gasteiger partial charge >= 0.3 is 5.97 Å². The molecule has 1 aliphatic heterocycles. The highest BCUT2D eigenvalue weighted by Gasteiger charge is 2.33. The third kappa shape index (κ3) is 4.23. The van der Waals surface area contributed by atoms with Crippen molar-refractivity contribution < 1.29 is 17.9 Å². The van der Waals surface area contributed by atoms with E-state index >= 15 is 0 Å². The van der Waals surface area contributed by atoms with Crippen molar-refractivity contribution in [2.24, 2.45) is 5.92 Å². The molecular formula is C17H18ClNO4S2. The lowest BCUT2D eigenvalue weighted by atomic mass is 9.98. The van der Waals surface area contributed by atoms with Gasteiger partial charge in [-0.1, -0.05) is 35.9 Å². The number of piperidine rings is 1. The molecule has 0 amide bonds. The van der Waals surface area contributed by atoms with Crippen LogP contribution in [0.3, 0.4) is 0 Å². The Labute approximate surface area is 156 Å². The first kappa shape index (κ1) is 18.4. The van der Waals surface area contributed by atoms with Crippen LogP contribution in [0.15, 0.2) is 46.0 Å². The molecule has 2 heterocycles. The highest BCUT2D eigenvalue weighted by atomic mass is 35.5. The van der Waals surface area contributed by atoms with Crippen LogP contribution in [-0.2, 0) is 26.2 Å². The summed E-state index contributed by atoms with van der Waals surface area (Å²) in [6.45, 7) is 0.782. The van der Waals surface area contributed by atoms with Gasteiger partial charge in [-0.2, -0.15) is 4.31 Å². The van der Waals surface area contributed by atoms with Crippen molar-refractivity contribution in [3.05, 3.63) is 52.4 Å². The number of hydrogen-bond acceptors (Lipinski definition) is 5. The Morgan fingerprint density at radius 1 is 1.20 bits per heavy atom. The van der Waals surface area contributed by atoms with Gasteiger partial charge in [0.25, 0.3) is 10.0 Å². The van der Waals surface area contributed by atoms with Crippen molar-refractivity contribution in [2.75, 3.05) is 13.1 Å². The first-order valence-electron chi connectivity index (χ1n) is 7.92. The summed E-state index contributed by atoms with van der Waals surface area (Å²) in [5.74, 6) is -0.578. The van der Waals surface area contributed by atoms with E-state index < -0.39 is 10.0 Å². The number of hydrogen-bond donors (Lipinski definition) is 0. The van der Waals surface area contributed by atoms with Crippen molar-refractivity contribution in [2.45, 2.75) is 23.7 Å². The Balaban J connectivity index is 1.54. The van der Waals surface area contributed by atoms with Gasteiger partial charge in [0, 0.05) is 23.7 Å². The molecule has 8 heteroatoms. The predicted molar refractivity (Wildman–Crippen MR) is 97.0 cm³/mol. The van der Waals surface area contributed by atoms with Gasteiger partial charge in [0.15, 0.2) is 0 Å². The lowest BCUT2D eigenvalue weighted by molar-refractivity contribution is -0.151. The second kappa shape index (κ2) is 7.86. The monoisotopic (exact) mass is 399 g/mol. The maximum atomic E-state index is 12.5. The van der Waals surface area contributed by atoms with E-state index in [2.05, 4.69) is 0 Å². The Bertz CT molecular complexity index is 828. The van der Waals surface area contributed by atoms with E-state index in [0.29, 0.717) is 35.2 Å². The molecule has 1 fully saturated rings. The van der Waals surface area contributed by atoms with Gasteiger partial charge in [0.2, 0.25) is 0 Å². The Morgan fingerprint density at radius 2 is 1.92 bits per heavy atom. The molecule has 0 spiro atoms. The van der Waals surface area contributed by atoms with Gasteiger partial charge < -0.3 is 4.74 Å². The fraction of sp³-hybridized carbons (Fsp3) is 0.353. The molecule has 134 valence electrons. The van der Waals surface area contributed by atoms with Crippen LogP contribution >= 0.6 is 22.9 Å². The number of thiophene rings is 1. The van der Waals surface area contributed by atoms with Crippen molar-refractivity contribution in [1.29, 1.82) is 0 Å². The normalized spacial score (nSPS) is 16.7. The zero-order valence-corrected chi connectivity index (χ0v) is 15.8. The minimum absolute atomic E-state index is 0.131. The van der Waals surface area contributed by atoms with E-state index in [1.807, 2.05) is 18.2 Å². The van der Waals surface area contributed by atoms with Crippen LogP contribution < -0.4 is 0 Å². The molecule has 0 N–H and O–H groups in total. The van der Waals surface area contributed by atoms with E-state index in [0.717, 1.165) is 5.56 Å². The zero-order valence-electron chi connectivity index (χ0n) is 13.4. The summed E-state index contributed by atoms with van der Waals surface area (Å²) in [4.78, 5) is 12.2. The van der Waals surface area contributed by atoms with Crippen LogP contribution in [0.2, 0.25) is 5.02 Å². The first-order valence-corrected chi connectivity index (χ1v) is 10.6. The summed E-state index contributed by atoms with van der Waals surface area (Å²) >= 11 is 7.25. The molecule has 1 aromatic carbocycles. The lowest BCUT2D eigenvalue weighted by Crippen LogP contribution is -2.40. The summed E-state index contributed by atoms with van der Waals surface area (Å²) in [5.41, 5.74) is 0.759. The number of esters is 1. The molecule has 25 heavy (non-hydrogen) atoms. The molecule has 0 atom stereocenters. The fourth-order valence-electron chi connectivity index (χ4n) is 2.75. The molecule has 0 aliphatic carbocycles. The third-order valence-electron chi connectivity index (χ3n) is 4.20. The minimum Gasteiger partial charge on any atom is -0.461 e. The average Bonchev–Trinajstić information content (AvgIpc) is 3.16. The number of carbonyl (C=O) groups is 1. The first-order chi connectivity index (χ1) is 12.0. The van der Waals surface area contributed by atoms with Gasteiger partial charge in [-0.15, -0.1) is 11.3 Å². The number of benzene rings is 1. The molecular weight excluding hydrogens is 382 g/mol. The standard InChI is InChI=1S/C17H18ClNO4S2/c18-15-5-2-1-4-14(15)12-23-17(20)13-7-9-19(10-8-13)25(21,22)16-6-3-11-24-16/h1-6,11,13H,7-10,12H2. The van der Waals surface area contributed by atoms with Crippen LogP contribution in [0.5, 0.6) is 0 Å². The van der Waals surface area contributed by atoms with E-state index in [1.54, 1.807) is 23.6 Å². The fourth-order valence-corrected chi connectivity index (χ4v) is 5.56. The molecule has 0 bridgehead atoms. The van der Waals surface area contributed by atoms with Crippen LogP contribution in [0.1, 0.15) is 18.4 Å². The van der Waals surface area contributed by atoms with Crippen molar-refractivity contribution in [3.8, 4) is 0 Å². The second-order valence-corrected chi connectivity index (χ2v) is 9.33.